The van der Waals surface area contributed by atoms with E-state index < -0.39 is 23.6 Å². The van der Waals surface area contributed by atoms with Gasteiger partial charge in [-0.3, -0.25) is 0 Å². The van der Waals surface area contributed by atoms with Gasteiger partial charge in [0.15, 0.2) is 0 Å². The lowest BCUT2D eigenvalue weighted by molar-refractivity contribution is -0.132. The molecule has 0 saturated carbocycles. The summed E-state index contributed by atoms with van der Waals surface area (Å²) in [6.45, 7) is 9.31. The molecule has 1 amide bonds. The van der Waals surface area contributed by atoms with E-state index in [0.717, 1.165) is 5.56 Å². The number of nitrogens with zero attached hydrogens (tertiary/aromatic N) is 1. The van der Waals surface area contributed by atoms with Crippen molar-refractivity contribution in [2.24, 2.45) is 5.92 Å². The molecular formula is C19H25ClN2O4. The Kier molecular flexibility index (Phi) is 5.96. The first-order valence-electron chi connectivity index (χ1n) is 8.58. The zero-order chi connectivity index (χ0) is 19.6. The summed E-state index contributed by atoms with van der Waals surface area (Å²) >= 11 is 6.00. The highest BCUT2D eigenvalue weighted by atomic mass is 35.5. The first kappa shape index (κ1) is 20.2. The predicted octanol–water partition coefficient (Wildman–Crippen LogP) is 4.24. The molecular weight excluding hydrogens is 356 g/mol. The van der Waals surface area contributed by atoms with E-state index in [1.165, 1.54) is 0 Å². The number of amides is 1. The van der Waals surface area contributed by atoms with Crippen LogP contribution in [0.15, 0.2) is 17.7 Å². The summed E-state index contributed by atoms with van der Waals surface area (Å²) in [5, 5.41) is 12.7. The van der Waals surface area contributed by atoms with Crippen molar-refractivity contribution in [3.8, 4) is 0 Å². The second-order valence-electron chi connectivity index (χ2n) is 7.80. The van der Waals surface area contributed by atoms with Gasteiger partial charge in [0.25, 0.3) is 0 Å². The average Bonchev–Trinajstić information content (AvgIpc) is 2.82. The topological polar surface area (TPSA) is 88.5 Å². The lowest BCUT2D eigenvalue weighted by atomic mass is 9.88. The summed E-state index contributed by atoms with van der Waals surface area (Å²) in [6, 6.07) is 3.13. The molecule has 1 unspecified atom stereocenters. The fraction of sp³-hybridized carbons (Fsp3) is 0.526. The molecule has 0 bridgehead atoms. The third-order valence-electron chi connectivity index (χ3n) is 4.18. The van der Waals surface area contributed by atoms with Crippen molar-refractivity contribution in [1.29, 1.82) is 0 Å². The zero-order valence-corrected chi connectivity index (χ0v) is 16.4. The molecule has 0 fully saturated rings. The second-order valence-corrected chi connectivity index (χ2v) is 8.19. The van der Waals surface area contributed by atoms with Gasteiger partial charge in [-0.25, -0.2) is 14.6 Å². The number of carboxylic acids is 1. The van der Waals surface area contributed by atoms with Crippen LogP contribution in [0.25, 0.3) is 6.08 Å². The van der Waals surface area contributed by atoms with E-state index >= 15 is 0 Å². The first-order valence-corrected chi connectivity index (χ1v) is 8.96. The van der Waals surface area contributed by atoms with Crippen molar-refractivity contribution >= 4 is 29.7 Å². The minimum absolute atomic E-state index is 0.0841. The van der Waals surface area contributed by atoms with Crippen LogP contribution in [-0.4, -0.2) is 33.8 Å². The molecule has 1 heterocycles. The highest BCUT2D eigenvalue weighted by Crippen LogP contribution is 2.39. The Balaban J connectivity index is 2.24. The number of carbonyl (C=O) groups excluding carboxylic acids is 1. The number of nitrogens with one attached hydrogen (secondary N) is 1. The van der Waals surface area contributed by atoms with Crippen molar-refractivity contribution in [3.63, 3.8) is 0 Å². The van der Waals surface area contributed by atoms with E-state index in [0.29, 0.717) is 17.3 Å². The number of carboxylic acid groups (broad SMARTS) is 1. The Bertz CT molecular complexity index is 738. The number of hydrogen-bond acceptors (Lipinski definition) is 4. The maximum absolute atomic E-state index is 12.2. The number of ether oxygens (including phenoxy) is 1. The van der Waals surface area contributed by atoms with Crippen molar-refractivity contribution in [2.45, 2.75) is 58.6 Å². The molecule has 0 radical (unpaired) electrons. The van der Waals surface area contributed by atoms with E-state index in [1.807, 2.05) is 13.8 Å². The van der Waals surface area contributed by atoms with Gasteiger partial charge in [0.1, 0.15) is 10.8 Å². The summed E-state index contributed by atoms with van der Waals surface area (Å²) < 4.78 is 5.33. The molecule has 0 aromatic carbocycles. The van der Waals surface area contributed by atoms with Crippen molar-refractivity contribution in [3.05, 3.63) is 34.1 Å². The first-order chi connectivity index (χ1) is 12.0. The number of rotatable bonds is 5. The molecule has 1 aromatic rings. The largest absolute Gasteiger partial charge is 0.478 e. The monoisotopic (exact) mass is 380 g/mol. The highest BCUT2D eigenvalue weighted by molar-refractivity contribution is 6.29. The molecule has 2 atom stereocenters. The van der Waals surface area contributed by atoms with Crippen LogP contribution in [0.5, 0.6) is 0 Å². The van der Waals surface area contributed by atoms with Crippen LogP contribution in [0.3, 0.4) is 0 Å². The number of aromatic nitrogens is 1. The number of carbonyl (C=O) groups is 2. The van der Waals surface area contributed by atoms with E-state index in [-0.39, 0.29) is 17.5 Å². The van der Waals surface area contributed by atoms with Crippen LogP contribution in [0.4, 0.5) is 4.79 Å². The molecule has 26 heavy (non-hydrogen) atoms. The third kappa shape index (κ3) is 4.97. The zero-order valence-electron chi connectivity index (χ0n) is 15.7. The number of alkyl carbamates (subject to hydrolysis) is 1. The molecule has 2 rings (SSSR count). The molecule has 142 valence electrons. The Labute approximate surface area is 158 Å². The fourth-order valence-electron chi connectivity index (χ4n) is 2.94. The van der Waals surface area contributed by atoms with Crippen LogP contribution >= 0.6 is 11.6 Å². The average molecular weight is 381 g/mol. The third-order valence-corrected chi connectivity index (χ3v) is 4.39. The Morgan fingerprint density at radius 2 is 2.00 bits per heavy atom. The van der Waals surface area contributed by atoms with Gasteiger partial charge in [0.2, 0.25) is 0 Å². The molecule has 7 heteroatoms. The SMILES string of the molecule is CC(C)[C@@H](CC1C(C(=O)O)=Cc2ccc(Cl)nc21)NC(=O)OC(C)(C)C. The highest BCUT2D eigenvalue weighted by Gasteiger charge is 2.34. The summed E-state index contributed by atoms with van der Waals surface area (Å²) in [6.07, 6.45) is 1.50. The molecule has 6 nitrogen and oxygen atoms in total. The normalized spacial score (nSPS) is 17.5. The summed E-state index contributed by atoms with van der Waals surface area (Å²) in [4.78, 5) is 28.2. The van der Waals surface area contributed by atoms with Crippen molar-refractivity contribution in [2.75, 3.05) is 0 Å². The van der Waals surface area contributed by atoms with Crippen molar-refractivity contribution < 1.29 is 19.4 Å². The minimum atomic E-state index is -0.996. The lowest BCUT2D eigenvalue weighted by Crippen LogP contribution is -2.42. The van der Waals surface area contributed by atoms with E-state index in [1.54, 1.807) is 39.0 Å². The van der Waals surface area contributed by atoms with Gasteiger partial charge in [0, 0.05) is 17.5 Å². The van der Waals surface area contributed by atoms with Crippen LogP contribution < -0.4 is 5.32 Å². The fourth-order valence-corrected chi connectivity index (χ4v) is 3.09. The van der Waals surface area contributed by atoms with Crippen LogP contribution in [-0.2, 0) is 9.53 Å². The smallest absolute Gasteiger partial charge is 0.407 e. The number of halogens is 1. The maximum atomic E-state index is 12.2. The van der Waals surface area contributed by atoms with E-state index in [4.69, 9.17) is 16.3 Å². The molecule has 0 saturated heterocycles. The number of fused-ring (bicyclic) bond motifs is 1. The van der Waals surface area contributed by atoms with Gasteiger partial charge in [-0.05, 0) is 50.8 Å². The van der Waals surface area contributed by atoms with Gasteiger partial charge in [0.05, 0.1) is 5.69 Å². The predicted molar refractivity (Wildman–Crippen MR) is 100 cm³/mol. The van der Waals surface area contributed by atoms with Crippen LogP contribution in [0.1, 0.15) is 58.2 Å². The molecule has 2 N–H and O–H groups in total. The number of hydrogen-bond donors (Lipinski definition) is 2. The van der Waals surface area contributed by atoms with Crippen LogP contribution in [0.2, 0.25) is 5.15 Å². The Morgan fingerprint density at radius 1 is 1.35 bits per heavy atom. The van der Waals surface area contributed by atoms with Gasteiger partial charge < -0.3 is 15.2 Å². The van der Waals surface area contributed by atoms with E-state index in [9.17, 15) is 14.7 Å². The molecule has 1 aromatic heterocycles. The summed E-state index contributed by atoms with van der Waals surface area (Å²) in [7, 11) is 0. The van der Waals surface area contributed by atoms with E-state index in [2.05, 4.69) is 10.3 Å². The van der Waals surface area contributed by atoms with Gasteiger partial charge in [-0.15, -0.1) is 0 Å². The maximum Gasteiger partial charge on any atom is 0.407 e. The number of aliphatic carboxylic acids is 1. The van der Waals surface area contributed by atoms with Gasteiger partial charge in [-0.1, -0.05) is 31.5 Å². The molecule has 0 spiro atoms. The minimum Gasteiger partial charge on any atom is -0.478 e. The lowest BCUT2D eigenvalue weighted by Gasteiger charge is -2.28. The van der Waals surface area contributed by atoms with Crippen LogP contribution in [0, 0.1) is 5.92 Å². The Morgan fingerprint density at radius 3 is 2.54 bits per heavy atom. The Hall–Kier alpha value is -2.08. The van der Waals surface area contributed by atoms with Gasteiger partial charge >= 0.3 is 12.1 Å². The quantitative estimate of drug-likeness (QED) is 0.746. The van der Waals surface area contributed by atoms with Gasteiger partial charge in [-0.2, -0.15) is 0 Å². The molecule has 0 aliphatic heterocycles. The summed E-state index contributed by atoms with van der Waals surface area (Å²) in [5.41, 5.74) is 1.03. The molecule has 1 aliphatic carbocycles. The number of pyridine rings is 1. The molecule has 1 aliphatic rings. The second kappa shape index (κ2) is 7.66. The summed E-state index contributed by atoms with van der Waals surface area (Å²) in [5.74, 6) is -1.35. The van der Waals surface area contributed by atoms with Crippen molar-refractivity contribution in [1.82, 2.24) is 10.3 Å². The standard InChI is InChI=1S/C19H25ClN2O4/c1-10(2)14(21-18(25)26-19(3,4)5)9-12-13(17(23)24)8-11-6-7-15(20)22-16(11)12/h6-8,10,12,14H,9H2,1-5H3,(H,21,25)(H,23,24)/t12?,14-/m1/s1.